The Morgan fingerprint density at radius 3 is 0.909 bits per heavy atom. The lowest BCUT2D eigenvalue weighted by atomic mass is 9.83. The summed E-state index contributed by atoms with van der Waals surface area (Å²) < 4.78 is 0. The highest BCUT2D eigenvalue weighted by atomic mass is 14.7. The van der Waals surface area contributed by atoms with Gasteiger partial charge in [0.25, 0.3) is 0 Å². The fourth-order valence-corrected chi connectivity index (χ4v) is 11.1. The molecule has 0 saturated carbocycles. The quantitative estimate of drug-likeness (QED) is 0.130. The standard InChI is InChI=1S/C64H38N2/c1-3-15-41-33-47(29-25-39(41)13-1)61-51-19-7-5-17-49(51)59(55-37-65-57-23-11-9-21-53(57)63(55)61)45-31-27-44-36-46(32-28-43(44)35-45)60-50-18-6-8-20-52(50)62(48-30-26-40-14-2-4-16-42(40)34-48)64-54-22-10-12-24-58(54)66-38-56(60)64/h1-38H. The highest BCUT2D eigenvalue weighted by molar-refractivity contribution is 6.29. The zero-order valence-corrected chi connectivity index (χ0v) is 35.8. The van der Waals surface area contributed by atoms with Crippen LogP contribution in [0.25, 0.3) is 142 Å². The molecule has 0 saturated heterocycles. The van der Waals surface area contributed by atoms with E-state index in [0.29, 0.717) is 0 Å². The molecular formula is C64H38N2. The number of aromatic nitrogens is 2. The highest BCUT2D eigenvalue weighted by Crippen LogP contribution is 2.49. The van der Waals surface area contributed by atoms with Crippen LogP contribution in [0.3, 0.4) is 0 Å². The lowest BCUT2D eigenvalue weighted by molar-refractivity contribution is 1.45. The molecule has 0 bridgehead atoms. The van der Waals surface area contributed by atoms with Gasteiger partial charge < -0.3 is 0 Å². The smallest absolute Gasteiger partial charge is 0.0708 e. The summed E-state index contributed by atoms with van der Waals surface area (Å²) in [5.74, 6) is 0. The minimum absolute atomic E-state index is 0.993. The van der Waals surface area contributed by atoms with E-state index in [9.17, 15) is 0 Å². The zero-order valence-electron chi connectivity index (χ0n) is 35.8. The van der Waals surface area contributed by atoms with Gasteiger partial charge in [-0.2, -0.15) is 0 Å². The van der Waals surface area contributed by atoms with E-state index in [0.717, 1.165) is 32.6 Å². The van der Waals surface area contributed by atoms with Crippen molar-refractivity contribution in [3.8, 4) is 44.5 Å². The number of rotatable bonds is 4. The molecule has 0 amide bonds. The molecule has 12 aromatic carbocycles. The minimum atomic E-state index is 0.993. The van der Waals surface area contributed by atoms with Crippen molar-refractivity contribution in [2.75, 3.05) is 0 Å². The zero-order chi connectivity index (χ0) is 43.3. The van der Waals surface area contributed by atoms with E-state index in [1.807, 2.05) is 0 Å². The molecule has 0 radical (unpaired) electrons. The number of pyridine rings is 2. The van der Waals surface area contributed by atoms with Crippen molar-refractivity contribution in [1.29, 1.82) is 0 Å². The third kappa shape index (κ3) is 5.55. The molecule has 0 atom stereocenters. The van der Waals surface area contributed by atoms with Gasteiger partial charge in [-0.05, 0) is 135 Å². The van der Waals surface area contributed by atoms with Gasteiger partial charge in [-0.3, -0.25) is 9.97 Å². The van der Waals surface area contributed by atoms with Gasteiger partial charge in [-0.25, -0.2) is 0 Å². The van der Waals surface area contributed by atoms with Gasteiger partial charge in [0.05, 0.1) is 11.0 Å². The summed E-state index contributed by atoms with van der Waals surface area (Å²) in [4.78, 5) is 10.2. The monoisotopic (exact) mass is 834 g/mol. The number of nitrogens with zero attached hydrogens (tertiary/aromatic N) is 2. The Kier molecular flexibility index (Phi) is 8.02. The van der Waals surface area contributed by atoms with Gasteiger partial charge in [0, 0.05) is 44.7 Å². The van der Waals surface area contributed by atoms with Crippen molar-refractivity contribution >= 4 is 97.2 Å². The summed E-state index contributed by atoms with van der Waals surface area (Å²) in [6, 6.07) is 80.0. The second kappa shape index (κ2) is 14.4. The van der Waals surface area contributed by atoms with E-state index in [1.54, 1.807) is 0 Å². The molecule has 2 nitrogen and oxygen atoms in total. The average Bonchev–Trinajstić information content (AvgIpc) is 3.38. The van der Waals surface area contributed by atoms with Crippen LogP contribution in [0, 0.1) is 0 Å². The summed E-state index contributed by atoms with van der Waals surface area (Å²) in [5.41, 5.74) is 11.6. The van der Waals surface area contributed by atoms with Crippen LogP contribution >= 0.6 is 0 Å². The molecule has 0 N–H and O–H groups in total. The van der Waals surface area contributed by atoms with Crippen molar-refractivity contribution in [1.82, 2.24) is 9.97 Å². The molecule has 0 aliphatic heterocycles. The van der Waals surface area contributed by atoms with E-state index in [-0.39, 0.29) is 0 Å². The van der Waals surface area contributed by atoms with Gasteiger partial charge in [0.1, 0.15) is 0 Å². The Morgan fingerprint density at radius 1 is 0.212 bits per heavy atom. The first-order valence-corrected chi connectivity index (χ1v) is 22.7. The van der Waals surface area contributed by atoms with Crippen LogP contribution in [0.1, 0.15) is 0 Å². The Balaban J connectivity index is 0.995. The summed E-state index contributed by atoms with van der Waals surface area (Å²) in [6.45, 7) is 0. The van der Waals surface area contributed by atoms with Gasteiger partial charge in [0.15, 0.2) is 0 Å². The molecule has 2 heterocycles. The fourth-order valence-electron chi connectivity index (χ4n) is 11.1. The molecule has 0 spiro atoms. The van der Waals surface area contributed by atoms with E-state index in [2.05, 4.69) is 231 Å². The third-order valence-electron chi connectivity index (χ3n) is 14.0. The number of benzene rings is 12. The van der Waals surface area contributed by atoms with Crippen LogP contribution in [0.5, 0.6) is 0 Å². The Morgan fingerprint density at radius 2 is 0.500 bits per heavy atom. The lowest BCUT2D eigenvalue weighted by Gasteiger charge is -2.20. The first-order chi connectivity index (χ1) is 32.7. The van der Waals surface area contributed by atoms with E-state index < -0.39 is 0 Å². The molecule has 2 heteroatoms. The molecule has 14 rings (SSSR count). The summed E-state index contributed by atoms with van der Waals surface area (Å²) in [5, 5.41) is 19.3. The topological polar surface area (TPSA) is 25.8 Å². The summed E-state index contributed by atoms with van der Waals surface area (Å²) in [6.07, 6.45) is 4.21. The maximum Gasteiger partial charge on any atom is 0.0708 e. The Bertz CT molecular complexity index is 4070. The molecule has 0 unspecified atom stereocenters. The van der Waals surface area contributed by atoms with Crippen molar-refractivity contribution in [2.45, 2.75) is 0 Å². The van der Waals surface area contributed by atoms with Crippen LogP contribution in [0.15, 0.2) is 231 Å². The molecule has 0 aliphatic rings. The van der Waals surface area contributed by atoms with Crippen LogP contribution in [-0.2, 0) is 0 Å². The first kappa shape index (κ1) is 36.7. The van der Waals surface area contributed by atoms with Gasteiger partial charge in [-0.1, -0.05) is 182 Å². The van der Waals surface area contributed by atoms with E-state index >= 15 is 0 Å². The second-order valence-corrected chi connectivity index (χ2v) is 17.6. The molecule has 2 aromatic heterocycles. The summed E-state index contributed by atoms with van der Waals surface area (Å²) >= 11 is 0. The Labute approximate surface area is 380 Å². The number of hydrogen-bond donors (Lipinski definition) is 0. The van der Waals surface area contributed by atoms with E-state index in [1.165, 1.54) is 109 Å². The molecule has 0 aliphatic carbocycles. The number of fused-ring (bicyclic) bond motifs is 11. The minimum Gasteiger partial charge on any atom is -0.256 e. The highest BCUT2D eigenvalue weighted by Gasteiger charge is 2.22. The SMILES string of the molecule is c1ccc2cc(-c3c4ccccc4c(-c4ccc5cc(-c6c7ccccc7c(-c7ccc8ccccc8c7)c7c6cnc6ccccc67)ccc5c4)c4cnc5ccccc5c34)ccc2c1. The third-order valence-corrected chi connectivity index (χ3v) is 14.0. The normalized spacial score (nSPS) is 11.9. The van der Waals surface area contributed by atoms with Gasteiger partial charge >= 0.3 is 0 Å². The summed E-state index contributed by atoms with van der Waals surface area (Å²) in [7, 11) is 0. The molecule has 0 fully saturated rings. The van der Waals surface area contributed by atoms with E-state index in [4.69, 9.17) is 9.97 Å². The fraction of sp³-hybridized carbons (Fsp3) is 0. The maximum atomic E-state index is 5.10. The van der Waals surface area contributed by atoms with Gasteiger partial charge in [0.2, 0.25) is 0 Å². The van der Waals surface area contributed by atoms with Crippen LogP contribution < -0.4 is 0 Å². The lowest BCUT2D eigenvalue weighted by Crippen LogP contribution is -1.94. The molecular weight excluding hydrogens is 797 g/mol. The van der Waals surface area contributed by atoms with Crippen LogP contribution in [0.4, 0.5) is 0 Å². The molecule has 14 aromatic rings. The van der Waals surface area contributed by atoms with Crippen LogP contribution in [-0.4, -0.2) is 9.97 Å². The maximum absolute atomic E-state index is 5.10. The van der Waals surface area contributed by atoms with Crippen molar-refractivity contribution in [2.24, 2.45) is 0 Å². The largest absolute Gasteiger partial charge is 0.256 e. The Hall–Kier alpha value is -8.72. The number of hydrogen-bond acceptors (Lipinski definition) is 2. The van der Waals surface area contributed by atoms with Crippen molar-refractivity contribution < 1.29 is 0 Å². The van der Waals surface area contributed by atoms with Crippen molar-refractivity contribution in [3.63, 3.8) is 0 Å². The first-order valence-electron chi connectivity index (χ1n) is 22.7. The predicted octanol–water partition coefficient (Wildman–Crippen LogP) is 17.5. The molecule has 66 heavy (non-hydrogen) atoms. The predicted molar refractivity (Wildman–Crippen MR) is 281 cm³/mol. The average molecular weight is 835 g/mol. The molecule has 304 valence electrons. The van der Waals surface area contributed by atoms with Crippen molar-refractivity contribution in [3.05, 3.63) is 231 Å². The number of para-hydroxylation sites is 2. The van der Waals surface area contributed by atoms with Gasteiger partial charge in [-0.15, -0.1) is 0 Å². The van der Waals surface area contributed by atoms with Crippen LogP contribution in [0.2, 0.25) is 0 Å². The second-order valence-electron chi connectivity index (χ2n) is 17.6.